The Labute approximate surface area is 80.0 Å². The number of hydrogen-bond donors (Lipinski definition) is 1. The van der Waals surface area contributed by atoms with Crippen molar-refractivity contribution >= 4 is 0 Å². The second kappa shape index (κ2) is 5.78. The summed E-state index contributed by atoms with van der Waals surface area (Å²) in [6.45, 7) is 7.86. The average molecular weight is 182 g/mol. The van der Waals surface area contributed by atoms with Crippen molar-refractivity contribution in [2.75, 3.05) is 13.1 Å². The summed E-state index contributed by atoms with van der Waals surface area (Å²) in [7, 11) is 0. The monoisotopic (exact) mass is 182 g/mol. The number of nitrogens with zero attached hydrogens (tertiary/aromatic N) is 1. The molecule has 0 spiro atoms. The molecule has 0 aromatic rings. The first-order valence-electron chi connectivity index (χ1n) is 4.82. The topological polar surface area (TPSA) is 24.5 Å². The van der Waals surface area contributed by atoms with Gasteiger partial charge in [0.1, 0.15) is 6.26 Å². The lowest BCUT2D eigenvalue weighted by Crippen LogP contribution is -2.41. The Hall–Kier alpha value is -0.800. The van der Waals surface area contributed by atoms with Crippen LogP contribution in [0.25, 0.3) is 0 Å². The zero-order valence-corrected chi connectivity index (χ0v) is 8.25. The molecule has 13 heavy (non-hydrogen) atoms. The van der Waals surface area contributed by atoms with E-state index >= 15 is 0 Å². The summed E-state index contributed by atoms with van der Waals surface area (Å²) in [5, 5.41) is 2.09. The fourth-order valence-corrected chi connectivity index (χ4v) is 1.27. The largest absolute Gasteiger partial charge is 0.401 e. The molecule has 0 amide bonds. The van der Waals surface area contributed by atoms with Gasteiger partial charge in [-0.05, 0) is 18.4 Å². The number of unbranched alkanes of at least 4 members (excludes halogenated alkanes) is 1. The van der Waals surface area contributed by atoms with Crippen LogP contribution in [0.5, 0.6) is 0 Å². The van der Waals surface area contributed by atoms with E-state index in [9.17, 15) is 0 Å². The van der Waals surface area contributed by atoms with Crippen molar-refractivity contribution < 1.29 is 4.84 Å². The van der Waals surface area contributed by atoms with Gasteiger partial charge in [0.15, 0.2) is 0 Å². The Morgan fingerprint density at radius 2 is 2.62 bits per heavy atom. The van der Waals surface area contributed by atoms with Crippen LogP contribution in [-0.4, -0.2) is 18.1 Å². The number of hydrogen-bond acceptors (Lipinski definition) is 3. The van der Waals surface area contributed by atoms with Crippen LogP contribution in [-0.2, 0) is 4.84 Å². The van der Waals surface area contributed by atoms with E-state index in [1.807, 2.05) is 6.08 Å². The fourth-order valence-electron chi connectivity index (χ4n) is 1.27. The lowest BCUT2D eigenvalue weighted by Gasteiger charge is -2.26. The summed E-state index contributed by atoms with van der Waals surface area (Å²) < 4.78 is 0. The van der Waals surface area contributed by atoms with E-state index in [1.165, 1.54) is 18.4 Å². The van der Waals surface area contributed by atoms with Gasteiger partial charge in [0, 0.05) is 13.1 Å². The summed E-state index contributed by atoms with van der Waals surface area (Å²) in [6.07, 6.45) is 6.98. The smallest absolute Gasteiger partial charge is 0.114 e. The average Bonchev–Trinajstić information content (AvgIpc) is 2.16. The quantitative estimate of drug-likeness (QED) is 0.658. The minimum Gasteiger partial charge on any atom is -0.401 e. The normalized spacial score (nSPS) is 17.8. The van der Waals surface area contributed by atoms with Gasteiger partial charge < -0.3 is 4.84 Å². The molecule has 0 unspecified atom stereocenters. The van der Waals surface area contributed by atoms with Crippen LogP contribution in [0.15, 0.2) is 24.5 Å². The molecule has 1 heterocycles. The van der Waals surface area contributed by atoms with Crippen molar-refractivity contribution in [3.05, 3.63) is 24.5 Å². The predicted molar refractivity (Wildman–Crippen MR) is 53.6 cm³/mol. The summed E-state index contributed by atoms with van der Waals surface area (Å²) in [4.78, 5) is 5.11. The highest BCUT2D eigenvalue weighted by Crippen LogP contribution is 2.08. The van der Waals surface area contributed by atoms with E-state index in [-0.39, 0.29) is 0 Å². The van der Waals surface area contributed by atoms with E-state index in [2.05, 4.69) is 24.1 Å². The fraction of sp³-hybridized carbons (Fsp3) is 0.600. The molecule has 0 aliphatic carbocycles. The van der Waals surface area contributed by atoms with Crippen molar-refractivity contribution in [2.24, 2.45) is 0 Å². The Morgan fingerprint density at radius 1 is 1.77 bits per heavy atom. The first kappa shape index (κ1) is 10.3. The molecule has 1 aliphatic heterocycles. The number of hydrazine groups is 1. The third-order valence-electron chi connectivity index (χ3n) is 1.99. The van der Waals surface area contributed by atoms with Crippen molar-refractivity contribution in [2.45, 2.75) is 26.2 Å². The van der Waals surface area contributed by atoms with Gasteiger partial charge in [0.2, 0.25) is 0 Å². The Balaban J connectivity index is 2.29. The third-order valence-corrected chi connectivity index (χ3v) is 1.99. The second-order valence-corrected chi connectivity index (χ2v) is 3.25. The van der Waals surface area contributed by atoms with E-state index in [1.54, 1.807) is 6.26 Å². The van der Waals surface area contributed by atoms with Gasteiger partial charge in [-0.3, -0.25) is 0 Å². The molecular formula is C10H18N2O. The summed E-state index contributed by atoms with van der Waals surface area (Å²) in [5.74, 6) is 0. The van der Waals surface area contributed by atoms with E-state index < -0.39 is 0 Å². The third kappa shape index (κ3) is 3.61. The maximum absolute atomic E-state index is 5.11. The molecule has 0 radical (unpaired) electrons. The molecule has 0 saturated carbocycles. The molecule has 1 N–H and O–H groups in total. The number of allylic oxidation sites excluding steroid dienone is 1. The maximum atomic E-state index is 5.11. The summed E-state index contributed by atoms with van der Waals surface area (Å²) in [5.41, 5.74) is 4.13. The number of nitrogens with one attached hydrogen (secondary N) is 1. The summed E-state index contributed by atoms with van der Waals surface area (Å²) >= 11 is 0. The van der Waals surface area contributed by atoms with Crippen LogP contribution >= 0.6 is 0 Å². The zero-order valence-electron chi connectivity index (χ0n) is 8.25. The highest BCUT2D eigenvalue weighted by molar-refractivity contribution is 5.06. The van der Waals surface area contributed by atoms with E-state index in [0.717, 1.165) is 19.5 Å². The van der Waals surface area contributed by atoms with Gasteiger partial charge in [-0.2, -0.15) is 0 Å². The highest BCUT2D eigenvalue weighted by Gasteiger charge is 2.10. The minimum absolute atomic E-state index is 0.907. The lowest BCUT2D eigenvalue weighted by molar-refractivity contribution is -0.0443. The van der Waals surface area contributed by atoms with Gasteiger partial charge in [0.05, 0.1) is 0 Å². The predicted octanol–water partition coefficient (Wildman–Crippen LogP) is 2.00. The molecular weight excluding hydrogens is 164 g/mol. The van der Waals surface area contributed by atoms with Crippen LogP contribution in [0, 0.1) is 0 Å². The Morgan fingerprint density at radius 3 is 3.31 bits per heavy atom. The molecule has 0 saturated heterocycles. The minimum atomic E-state index is 0.907. The van der Waals surface area contributed by atoms with Gasteiger partial charge in [0.25, 0.3) is 0 Å². The molecule has 1 aliphatic rings. The van der Waals surface area contributed by atoms with Gasteiger partial charge in [-0.1, -0.05) is 25.0 Å². The van der Waals surface area contributed by atoms with Crippen LogP contribution in [0.2, 0.25) is 0 Å². The first-order valence-corrected chi connectivity index (χ1v) is 4.82. The lowest BCUT2D eigenvalue weighted by atomic mass is 10.2. The van der Waals surface area contributed by atoms with Crippen molar-refractivity contribution in [1.82, 2.24) is 10.6 Å². The van der Waals surface area contributed by atoms with Crippen LogP contribution in [0.1, 0.15) is 26.2 Å². The highest BCUT2D eigenvalue weighted by atomic mass is 16.7. The maximum Gasteiger partial charge on any atom is 0.114 e. The van der Waals surface area contributed by atoms with Crippen molar-refractivity contribution in [3.8, 4) is 0 Å². The molecule has 0 atom stereocenters. The van der Waals surface area contributed by atoms with Crippen molar-refractivity contribution in [1.29, 1.82) is 0 Å². The van der Waals surface area contributed by atoms with Gasteiger partial charge in [-0.15, -0.1) is 6.58 Å². The standard InChI is InChI=1S/C10H18N2O/c1-3-5-7-12-8-10(6-4-2)9-13-11-12/h4,9,11H,2-3,5-8H2,1H3. The van der Waals surface area contributed by atoms with Gasteiger partial charge >= 0.3 is 0 Å². The Kier molecular flexibility index (Phi) is 4.57. The van der Waals surface area contributed by atoms with Crippen molar-refractivity contribution in [3.63, 3.8) is 0 Å². The first-order chi connectivity index (χ1) is 6.36. The molecule has 1 rings (SSSR count). The second-order valence-electron chi connectivity index (χ2n) is 3.25. The molecule has 0 aromatic heterocycles. The van der Waals surface area contributed by atoms with Crippen LogP contribution < -0.4 is 5.59 Å². The SMILES string of the molecule is C=CCC1=CONN(CCCC)C1. The molecule has 3 nitrogen and oxygen atoms in total. The van der Waals surface area contributed by atoms with E-state index in [0.29, 0.717) is 0 Å². The van der Waals surface area contributed by atoms with Crippen LogP contribution in [0.4, 0.5) is 0 Å². The van der Waals surface area contributed by atoms with Crippen LogP contribution in [0.3, 0.4) is 0 Å². The molecule has 3 heteroatoms. The number of rotatable bonds is 5. The van der Waals surface area contributed by atoms with E-state index in [4.69, 9.17) is 4.84 Å². The zero-order chi connectivity index (χ0) is 9.52. The molecule has 0 aromatic carbocycles. The Bertz CT molecular complexity index is 189. The van der Waals surface area contributed by atoms with Gasteiger partial charge in [-0.25, -0.2) is 5.01 Å². The summed E-state index contributed by atoms with van der Waals surface area (Å²) in [6, 6.07) is 0. The molecule has 0 bridgehead atoms. The molecule has 0 fully saturated rings. The molecule has 74 valence electrons.